The quantitative estimate of drug-likeness (QED) is 0.394. The van der Waals surface area contributed by atoms with Gasteiger partial charge in [-0.1, -0.05) is 78.3 Å². The molecule has 0 unspecified atom stereocenters. The first kappa shape index (κ1) is 17.1. The zero-order valence-corrected chi connectivity index (χ0v) is 15.1. The molecule has 0 N–H and O–H groups in total. The van der Waals surface area contributed by atoms with E-state index in [1.165, 1.54) is 4.90 Å². The summed E-state index contributed by atoms with van der Waals surface area (Å²) in [5.74, 6) is 0.358. The van der Waals surface area contributed by atoms with Crippen molar-refractivity contribution in [1.82, 2.24) is 0 Å². The van der Waals surface area contributed by atoms with Crippen LogP contribution in [0.4, 0.5) is 16.2 Å². The van der Waals surface area contributed by atoms with Gasteiger partial charge in [-0.15, -0.1) is 0 Å². The van der Waals surface area contributed by atoms with Crippen LogP contribution in [0.5, 0.6) is 5.75 Å². The second-order valence-corrected chi connectivity index (χ2v) is 6.38. The molecule has 0 saturated heterocycles. The minimum Gasteiger partial charge on any atom is -0.407 e. The molecule has 4 aromatic rings. The van der Waals surface area contributed by atoms with Gasteiger partial charge in [0.25, 0.3) is 0 Å². The summed E-state index contributed by atoms with van der Waals surface area (Å²) in [6.45, 7) is 0. The summed E-state index contributed by atoms with van der Waals surface area (Å²) in [5, 5.41) is 2.14. The highest BCUT2D eigenvalue weighted by atomic mass is 35.5. The number of fused-ring (bicyclic) bond motifs is 1. The largest absolute Gasteiger partial charge is 0.424 e. The van der Waals surface area contributed by atoms with Crippen LogP contribution in [0.1, 0.15) is 0 Å². The Bertz CT molecular complexity index is 1040. The molecule has 0 spiro atoms. The molecule has 0 saturated carbocycles. The number of amides is 1. The molecule has 0 aromatic heterocycles. The minimum atomic E-state index is -0.523. The molecule has 0 radical (unpaired) electrons. The molecule has 3 nitrogen and oxygen atoms in total. The van der Waals surface area contributed by atoms with Crippen LogP contribution in [-0.4, -0.2) is 6.09 Å². The number of ether oxygens (including phenoxy) is 1. The molecule has 132 valence electrons. The lowest BCUT2D eigenvalue weighted by atomic mass is 10.1. The molecule has 0 aliphatic heterocycles. The van der Waals surface area contributed by atoms with E-state index in [0.29, 0.717) is 22.1 Å². The van der Waals surface area contributed by atoms with E-state index < -0.39 is 6.09 Å². The minimum absolute atomic E-state index is 0.358. The van der Waals surface area contributed by atoms with Crippen molar-refractivity contribution < 1.29 is 9.53 Å². The van der Waals surface area contributed by atoms with Gasteiger partial charge < -0.3 is 4.74 Å². The smallest absolute Gasteiger partial charge is 0.407 e. The van der Waals surface area contributed by atoms with Gasteiger partial charge in [0.05, 0.1) is 16.4 Å². The Morgan fingerprint density at radius 1 is 0.704 bits per heavy atom. The number of rotatable bonds is 3. The van der Waals surface area contributed by atoms with Crippen LogP contribution < -0.4 is 9.64 Å². The molecule has 1 amide bonds. The SMILES string of the molecule is O=C(Oc1c(Cl)ccc2ccccc12)N(c1ccccc1)c1ccccc1. The van der Waals surface area contributed by atoms with Crippen LogP contribution in [0.25, 0.3) is 10.8 Å². The van der Waals surface area contributed by atoms with Crippen molar-refractivity contribution in [2.75, 3.05) is 4.90 Å². The van der Waals surface area contributed by atoms with Crippen molar-refractivity contribution in [2.45, 2.75) is 0 Å². The molecular formula is C23H16ClNO2. The van der Waals surface area contributed by atoms with Gasteiger partial charge in [-0.2, -0.15) is 0 Å². The number of anilines is 2. The number of hydrogen-bond acceptors (Lipinski definition) is 2. The second-order valence-electron chi connectivity index (χ2n) is 5.97. The Morgan fingerprint density at radius 2 is 1.26 bits per heavy atom. The third-order valence-electron chi connectivity index (χ3n) is 4.23. The lowest BCUT2D eigenvalue weighted by Gasteiger charge is -2.23. The van der Waals surface area contributed by atoms with E-state index in [4.69, 9.17) is 16.3 Å². The molecule has 4 rings (SSSR count). The zero-order valence-electron chi connectivity index (χ0n) is 14.4. The highest BCUT2D eigenvalue weighted by molar-refractivity contribution is 6.33. The Hall–Kier alpha value is -3.30. The number of benzene rings is 4. The average Bonchev–Trinajstić information content (AvgIpc) is 2.72. The standard InChI is InChI=1S/C23H16ClNO2/c24-21-16-15-17-9-7-8-14-20(17)22(21)27-23(26)25(18-10-3-1-4-11-18)19-12-5-2-6-13-19/h1-16H. The van der Waals surface area contributed by atoms with E-state index in [1.807, 2.05) is 91.0 Å². The number of para-hydroxylation sites is 2. The first-order valence-corrected chi connectivity index (χ1v) is 8.91. The van der Waals surface area contributed by atoms with E-state index in [1.54, 1.807) is 6.07 Å². The third kappa shape index (κ3) is 3.50. The van der Waals surface area contributed by atoms with Crippen molar-refractivity contribution in [3.63, 3.8) is 0 Å². The first-order chi connectivity index (χ1) is 13.2. The summed E-state index contributed by atoms with van der Waals surface area (Å²) in [6, 6.07) is 30.1. The number of hydrogen-bond donors (Lipinski definition) is 0. The summed E-state index contributed by atoms with van der Waals surface area (Å²) in [5.41, 5.74) is 1.43. The van der Waals surface area contributed by atoms with Crippen LogP contribution in [0.15, 0.2) is 97.1 Å². The molecule has 4 heteroatoms. The van der Waals surface area contributed by atoms with Gasteiger partial charge in [-0.05, 0) is 35.7 Å². The Labute approximate surface area is 162 Å². The number of nitrogens with zero attached hydrogens (tertiary/aromatic N) is 1. The van der Waals surface area contributed by atoms with Gasteiger partial charge in [0.15, 0.2) is 5.75 Å². The number of carbonyl (C=O) groups is 1. The maximum Gasteiger partial charge on any atom is 0.424 e. The monoisotopic (exact) mass is 373 g/mol. The maximum absolute atomic E-state index is 13.2. The van der Waals surface area contributed by atoms with Gasteiger partial charge >= 0.3 is 6.09 Å². The van der Waals surface area contributed by atoms with Gasteiger partial charge in [-0.25, -0.2) is 9.69 Å². The molecule has 27 heavy (non-hydrogen) atoms. The van der Waals surface area contributed by atoms with Crippen molar-refractivity contribution >= 4 is 39.8 Å². The van der Waals surface area contributed by atoms with Crippen LogP contribution >= 0.6 is 11.6 Å². The fourth-order valence-corrected chi connectivity index (χ4v) is 3.17. The van der Waals surface area contributed by atoms with E-state index in [0.717, 1.165) is 10.8 Å². The zero-order chi connectivity index (χ0) is 18.6. The number of carbonyl (C=O) groups excluding carboxylic acids is 1. The predicted molar refractivity (Wildman–Crippen MR) is 110 cm³/mol. The molecule has 4 aromatic carbocycles. The average molecular weight is 374 g/mol. The highest BCUT2D eigenvalue weighted by Crippen LogP contribution is 2.35. The van der Waals surface area contributed by atoms with Crippen LogP contribution in [0.3, 0.4) is 0 Å². The van der Waals surface area contributed by atoms with Crippen molar-refractivity contribution in [3.05, 3.63) is 102 Å². The van der Waals surface area contributed by atoms with E-state index in [2.05, 4.69) is 0 Å². The predicted octanol–water partition coefficient (Wildman–Crippen LogP) is 6.83. The lowest BCUT2D eigenvalue weighted by Crippen LogP contribution is -2.29. The molecule has 0 bridgehead atoms. The van der Waals surface area contributed by atoms with Crippen LogP contribution in [0.2, 0.25) is 5.02 Å². The van der Waals surface area contributed by atoms with E-state index in [-0.39, 0.29) is 0 Å². The van der Waals surface area contributed by atoms with Crippen molar-refractivity contribution in [2.24, 2.45) is 0 Å². The molecule has 0 heterocycles. The second kappa shape index (κ2) is 7.52. The Morgan fingerprint density at radius 3 is 1.89 bits per heavy atom. The van der Waals surface area contributed by atoms with E-state index in [9.17, 15) is 4.79 Å². The van der Waals surface area contributed by atoms with Gasteiger partial charge in [0, 0.05) is 5.39 Å². The van der Waals surface area contributed by atoms with Crippen LogP contribution in [-0.2, 0) is 0 Å². The van der Waals surface area contributed by atoms with Gasteiger partial charge in [0.2, 0.25) is 0 Å². The fraction of sp³-hybridized carbons (Fsp3) is 0. The van der Waals surface area contributed by atoms with Gasteiger partial charge in [-0.3, -0.25) is 0 Å². The maximum atomic E-state index is 13.2. The highest BCUT2D eigenvalue weighted by Gasteiger charge is 2.22. The Kier molecular flexibility index (Phi) is 4.77. The summed E-state index contributed by atoms with van der Waals surface area (Å²) < 4.78 is 5.78. The number of halogens is 1. The first-order valence-electron chi connectivity index (χ1n) is 8.53. The van der Waals surface area contributed by atoms with E-state index >= 15 is 0 Å². The van der Waals surface area contributed by atoms with Crippen LogP contribution in [0, 0.1) is 0 Å². The fourth-order valence-electron chi connectivity index (χ4n) is 2.97. The summed E-state index contributed by atoms with van der Waals surface area (Å²) >= 11 is 6.35. The molecular weight excluding hydrogens is 358 g/mol. The Balaban J connectivity index is 1.77. The summed E-state index contributed by atoms with van der Waals surface area (Å²) in [6.07, 6.45) is -0.523. The molecule has 0 fully saturated rings. The van der Waals surface area contributed by atoms with Crippen molar-refractivity contribution in [3.8, 4) is 5.75 Å². The normalized spacial score (nSPS) is 10.6. The molecule has 0 aliphatic rings. The summed E-state index contributed by atoms with van der Waals surface area (Å²) in [7, 11) is 0. The summed E-state index contributed by atoms with van der Waals surface area (Å²) in [4.78, 5) is 14.7. The van der Waals surface area contributed by atoms with Crippen molar-refractivity contribution in [1.29, 1.82) is 0 Å². The third-order valence-corrected chi connectivity index (χ3v) is 4.53. The lowest BCUT2D eigenvalue weighted by molar-refractivity contribution is 0.211. The molecule has 0 aliphatic carbocycles. The topological polar surface area (TPSA) is 29.5 Å². The molecule has 0 atom stereocenters. The van der Waals surface area contributed by atoms with Gasteiger partial charge in [0.1, 0.15) is 0 Å².